The summed E-state index contributed by atoms with van der Waals surface area (Å²) in [5.41, 5.74) is 0.340. The topological polar surface area (TPSA) is 90.0 Å². The molecule has 0 saturated heterocycles. The molecular formula is C24H31N3O5S. The first kappa shape index (κ1) is 24.7. The Kier molecular flexibility index (Phi) is 8.82. The molecule has 1 aliphatic heterocycles. The molecule has 1 N–H and O–H groups in total. The number of hydrogen-bond donors (Lipinski definition) is 1. The van der Waals surface area contributed by atoms with Gasteiger partial charge < -0.3 is 24.4 Å². The summed E-state index contributed by atoms with van der Waals surface area (Å²) >= 11 is 1.44. The van der Waals surface area contributed by atoms with E-state index in [1.54, 1.807) is 17.3 Å². The lowest BCUT2D eigenvalue weighted by Gasteiger charge is -2.27. The summed E-state index contributed by atoms with van der Waals surface area (Å²) in [4.78, 5) is 31.6. The largest absolute Gasteiger partial charge is 0.486 e. The van der Waals surface area contributed by atoms with E-state index in [9.17, 15) is 9.59 Å². The van der Waals surface area contributed by atoms with Gasteiger partial charge in [-0.25, -0.2) is 4.79 Å². The van der Waals surface area contributed by atoms with E-state index in [1.807, 2.05) is 51.1 Å². The van der Waals surface area contributed by atoms with Crippen molar-refractivity contribution in [3.63, 3.8) is 0 Å². The average molecular weight is 474 g/mol. The Bertz CT molecular complexity index is 933. The van der Waals surface area contributed by atoms with Crippen LogP contribution >= 0.6 is 11.8 Å². The molecule has 2 heterocycles. The maximum atomic E-state index is 12.6. The van der Waals surface area contributed by atoms with E-state index in [4.69, 9.17) is 14.2 Å². The van der Waals surface area contributed by atoms with Crippen LogP contribution in [0.4, 0.5) is 4.79 Å². The van der Waals surface area contributed by atoms with E-state index < -0.39 is 5.60 Å². The number of carbonyl (C=O) groups excluding carboxylic acids is 2. The van der Waals surface area contributed by atoms with Crippen molar-refractivity contribution < 1.29 is 23.8 Å². The van der Waals surface area contributed by atoms with Gasteiger partial charge in [-0.1, -0.05) is 6.07 Å². The Balaban J connectivity index is 1.43. The van der Waals surface area contributed by atoms with Crippen molar-refractivity contribution in [2.45, 2.75) is 44.2 Å². The SMILES string of the molecule is CC(C)(C)OC(=O)N(CCCNC(=O)CSc1ccc2c(c1)OCCO2)Cc1cccnc1. The van der Waals surface area contributed by atoms with Crippen LogP contribution in [0.5, 0.6) is 11.5 Å². The molecule has 33 heavy (non-hydrogen) atoms. The van der Waals surface area contributed by atoms with E-state index in [-0.39, 0.29) is 12.0 Å². The van der Waals surface area contributed by atoms with Gasteiger partial charge in [-0.15, -0.1) is 11.8 Å². The van der Waals surface area contributed by atoms with E-state index in [0.29, 0.717) is 50.8 Å². The van der Waals surface area contributed by atoms with Gasteiger partial charge >= 0.3 is 6.09 Å². The fraction of sp³-hybridized carbons (Fsp3) is 0.458. The molecule has 1 aromatic carbocycles. The molecule has 0 fully saturated rings. The number of aromatic nitrogens is 1. The minimum atomic E-state index is -0.580. The van der Waals surface area contributed by atoms with Gasteiger partial charge in [-0.3, -0.25) is 9.78 Å². The minimum absolute atomic E-state index is 0.0639. The lowest BCUT2D eigenvalue weighted by atomic mass is 10.2. The number of nitrogens with zero attached hydrogens (tertiary/aromatic N) is 2. The number of pyridine rings is 1. The summed E-state index contributed by atoms with van der Waals surface area (Å²) in [5.74, 6) is 1.68. The number of amides is 2. The first-order valence-corrected chi connectivity index (χ1v) is 11.9. The number of ether oxygens (including phenoxy) is 3. The standard InChI is InChI=1S/C24H31N3O5S/c1-24(2,3)32-23(29)27(16-18-6-4-9-25-15-18)11-5-10-26-22(28)17-33-19-7-8-20-21(14-19)31-13-12-30-20/h4,6-9,14-15H,5,10-13,16-17H2,1-3H3,(H,26,28). The Morgan fingerprint density at radius 2 is 1.97 bits per heavy atom. The van der Waals surface area contributed by atoms with Crippen molar-refractivity contribution in [2.24, 2.45) is 0 Å². The summed E-state index contributed by atoms with van der Waals surface area (Å²) in [5, 5.41) is 2.91. The van der Waals surface area contributed by atoms with E-state index in [2.05, 4.69) is 10.3 Å². The van der Waals surface area contributed by atoms with Gasteiger partial charge in [-0.05, 0) is 57.0 Å². The van der Waals surface area contributed by atoms with Crippen molar-refractivity contribution in [3.05, 3.63) is 48.3 Å². The Hall–Kier alpha value is -2.94. The molecule has 0 aliphatic carbocycles. The van der Waals surface area contributed by atoms with Crippen molar-refractivity contribution in [3.8, 4) is 11.5 Å². The maximum Gasteiger partial charge on any atom is 0.410 e. The molecule has 2 amide bonds. The van der Waals surface area contributed by atoms with Crippen LogP contribution in [0.3, 0.4) is 0 Å². The molecule has 0 saturated carbocycles. The second-order valence-corrected chi connectivity index (χ2v) is 9.61. The normalized spacial score (nSPS) is 12.7. The fourth-order valence-corrected chi connectivity index (χ4v) is 3.84. The molecule has 0 bridgehead atoms. The Morgan fingerprint density at radius 1 is 1.18 bits per heavy atom. The lowest BCUT2D eigenvalue weighted by Crippen LogP contribution is -2.38. The molecule has 0 spiro atoms. The number of rotatable bonds is 9. The van der Waals surface area contributed by atoms with Crippen molar-refractivity contribution in [2.75, 3.05) is 32.1 Å². The number of nitrogens with one attached hydrogen (secondary N) is 1. The predicted molar refractivity (Wildman–Crippen MR) is 127 cm³/mol. The molecule has 2 aromatic rings. The zero-order valence-corrected chi connectivity index (χ0v) is 20.2. The van der Waals surface area contributed by atoms with Crippen LogP contribution < -0.4 is 14.8 Å². The van der Waals surface area contributed by atoms with Gasteiger partial charge in [0, 0.05) is 30.4 Å². The fourth-order valence-electron chi connectivity index (χ4n) is 3.08. The highest BCUT2D eigenvalue weighted by Gasteiger charge is 2.22. The third kappa shape index (κ3) is 8.49. The highest BCUT2D eigenvalue weighted by Crippen LogP contribution is 2.34. The zero-order valence-electron chi connectivity index (χ0n) is 19.3. The van der Waals surface area contributed by atoms with Crippen molar-refractivity contribution in [1.29, 1.82) is 0 Å². The first-order valence-electron chi connectivity index (χ1n) is 11.0. The molecule has 1 aromatic heterocycles. The van der Waals surface area contributed by atoms with Crippen LogP contribution in [0.15, 0.2) is 47.6 Å². The average Bonchev–Trinajstić information content (AvgIpc) is 2.79. The molecule has 3 rings (SSSR count). The quantitative estimate of drug-likeness (QED) is 0.436. The minimum Gasteiger partial charge on any atom is -0.486 e. The molecule has 8 nitrogen and oxygen atoms in total. The third-order valence-electron chi connectivity index (χ3n) is 4.56. The van der Waals surface area contributed by atoms with E-state index in [1.165, 1.54) is 11.8 Å². The predicted octanol–water partition coefficient (Wildman–Crippen LogP) is 3.89. The molecule has 0 atom stereocenters. The summed E-state index contributed by atoms with van der Waals surface area (Å²) in [6.07, 6.45) is 3.65. The summed E-state index contributed by atoms with van der Waals surface area (Å²) in [6.45, 7) is 7.92. The molecule has 0 radical (unpaired) electrons. The van der Waals surface area contributed by atoms with E-state index in [0.717, 1.165) is 16.2 Å². The van der Waals surface area contributed by atoms with Gasteiger partial charge in [0.15, 0.2) is 11.5 Å². The van der Waals surface area contributed by atoms with Crippen LogP contribution in [-0.2, 0) is 16.1 Å². The number of carbonyl (C=O) groups is 2. The Morgan fingerprint density at radius 3 is 2.70 bits per heavy atom. The maximum absolute atomic E-state index is 12.6. The summed E-state index contributed by atoms with van der Waals surface area (Å²) < 4.78 is 16.6. The molecule has 1 aliphatic rings. The van der Waals surface area contributed by atoms with Crippen molar-refractivity contribution in [1.82, 2.24) is 15.2 Å². The van der Waals surface area contributed by atoms with Crippen LogP contribution in [0, 0.1) is 0 Å². The van der Waals surface area contributed by atoms with Crippen LogP contribution in [0.2, 0.25) is 0 Å². The first-order chi connectivity index (χ1) is 15.8. The number of fused-ring (bicyclic) bond motifs is 1. The zero-order chi connectivity index (χ0) is 23.7. The second-order valence-electron chi connectivity index (χ2n) is 8.56. The van der Waals surface area contributed by atoms with Crippen LogP contribution in [-0.4, -0.2) is 59.5 Å². The second kappa shape index (κ2) is 11.8. The van der Waals surface area contributed by atoms with Gasteiger partial charge in [-0.2, -0.15) is 0 Å². The summed E-state index contributed by atoms with van der Waals surface area (Å²) in [7, 11) is 0. The van der Waals surface area contributed by atoms with E-state index >= 15 is 0 Å². The summed E-state index contributed by atoms with van der Waals surface area (Å²) in [6, 6.07) is 9.43. The van der Waals surface area contributed by atoms with Gasteiger partial charge in [0.1, 0.15) is 18.8 Å². The van der Waals surface area contributed by atoms with Gasteiger partial charge in [0.2, 0.25) is 5.91 Å². The number of thioether (sulfide) groups is 1. The molecule has 9 heteroatoms. The molecule has 178 valence electrons. The Labute approximate surface area is 199 Å². The highest BCUT2D eigenvalue weighted by molar-refractivity contribution is 8.00. The van der Waals surface area contributed by atoms with Crippen LogP contribution in [0.1, 0.15) is 32.8 Å². The smallest absolute Gasteiger partial charge is 0.410 e. The monoisotopic (exact) mass is 473 g/mol. The molecular weight excluding hydrogens is 442 g/mol. The van der Waals surface area contributed by atoms with Gasteiger partial charge in [0.25, 0.3) is 0 Å². The van der Waals surface area contributed by atoms with Gasteiger partial charge in [0.05, 0.1) is 12.3 Å². The highest BCUT2D eigenvalue weighted by atomic mass is 32.2. The number of hydrogen-bond acceptors (Lipinski definition) is 7. The van der Waals surface area contributed by atoms with Crippen molar-refractivity contribution >= 4 is 23.8 Å². The van der Waals surface area contributed by atoms with Crippen LogP contribution in [0.25, 0.3) is 0 Å². The lowest BCUT2D eigenvalue weighted by molar-refractivity contribution is -0.118. The number of benzene rings is 1. The molecule has 0 unspecified atom stereocenters. The third-order valence-corrected chi connectivity index (χ3v) is 5.55.